The fraction of sp³-hybridized carbons (Fsp3) is 0.222. The number of para-hydroxylation sites is 2. The molecule has 0 aliphatic heterocycles. The van der Waals surface area contributed by atoms with Gasteiger partial charge in [-0.2, -0.15) is 8.78 Å². The van der Waals surface area contributed by atoms with Gasteiger partial charge in [-0.1, -0.05) is 12.1 Å². The Bertz CT molecular complexity index is 365. The zero-order valence-corrected chi connectivity index (χ0v) is 9.35. The standard InChI is InChI=1S/C9H8BrF2NO2/c1-15-7-5-3-2-4-6(7)13-8(14)9(10,11)12/h2-5H,1H3,(H,13,14). The fourth-order valence-corrected chi connectivity index (χ4v) is 1.04. The minimum Gasteiger partial charge on any atom is -0.495 e. The summed E-state index contributed by atoms with van der Waals surface area (Å²) in [5.74, 6) is -1.12. The Morgan fingerprint density at radius 2 is 2.07 bits per heavy atom. The lowest BCUT2D eigenvalue weighted by Gasteiger charge is -2.12. The van der Waals surface area contributed by atoms with Crippen molar-refractivity contribution in [2.75, 3.05) is 12.4 Å². The van der Waals surface area contributed by atoms with Gasteiger partial charge in [-0.05, 0) is 12.1 Å². The lowest BCUT2D eigenvalue weighted by molar-refractivity contribution is -0.128. The van der Waals surface area contributed by atoms with E-state index in [-0.39, 0.29) is 5.69 Å². The normalized spacial score (nSPS) is 10.9. The number of hydrogen-bond donors (Lipinski definition) is 1. The molecular weight excluding hydrogens is 272 g/mol. The molecule has 1 aromatic carbocycles. The van der Waals surface area contributed by atoms with E-state index in [1.54, 1.807) is 18.2 Å². The Kier molecular flexibility index (Phi) is 3.62. The quantitative estimate of drug-likeness (QED) is 0.864. The molecule has 0 spiro atoms. The van der Waals surface area contributed by atoms with Gasteiger partial charge in [-0.3, -0.25) is 4.79 Å². The minimum absolute atomic E-state index is 0.198. The van der Waals surface area contributed by atoms with Crippen molar-refractivity contribution in [1.82, 2.24) is 0 Å². The van der Waals surface area contributed by atoms with Crippen molar-refractivity contribution in [2.45, 2.75) is 4.83 Å². The molecule has 6 heteroatoms. The monoisotopic (exact) mass is 279 g/mol. The SMILES string of the molecule is COc1ccccc1NC(=O)C(F)(F)Br. The first-order chi connectivity index (χ1) is 6.95. The molecule has 1 aromatic rings. The summed E-state index contributed by atoms with van der Waals surface area (Å²) in [4.78, 5) is 7.35. The van der Waals surface area contributed by atoms with Crippen LogP contribution >= 0.6 is 15.9 Å². The van der Waals surface area contributed by atoms with Crippen LogP contribution in [0.1, 0.15) is 0 Å². The highest BCUT2D eigenvalue weighted by atomic mass is 79.9. The van der Waals surface area contributed by atoms with Crippen LogP contribution in [0.5, 0.6) is 5.75 Å². The van der Waals surface area contributed by atoms with Crippen LogP contribution in [0, 0.1) is 0 Å². The average molecular weight is 280 g/mol. The number of benzene rings is 1. The molecule has 0 atom stereocenters. The molecule has 1 amide bonds. The lowest BCUT2D eigenvalue weighted by atomic mass is 10.3. The largest absolute Gasteiger partial charge is 0.495 e. The van der Waals surface area contributed by atoms with Gasteiger partial charge in [0.15, 0.2) is 0 Å². The molecule has 15 heavy (non-hydrogen) atoms. The molecule has 0 aromatic heterocycles. The zero-order valence-electron chi connectivity index (χ0n) is 7.76. The smallest absolute Gasteiger partial charge is 0.378 e. The van der Waals surface area contributed by atoms with Gasteiger partial charge < -0.3 is 10.1 Å². The minimum atomic E-state index is -3.59. The molecule has 0 aliphatic rings. The number of halogens is 3. The molecule has 0 aliphatic carbocycles. The fourth-order valence-electron chi connectivity index (χ4n) is 0.941. The Hall–Kier alpha value is -1.17. The Morgan fingerprint density at radius 1 is 1.47 bits per heavy atom. The average Bonchev–Trinajstić information content (AvgIpc) is 2.17. The number of methoxy groups -OCH3 is 1. The van der Waals surface area contributed by atoms with Crippen LogP contribution in [0.2, 0.25) is 0 Å². The van der Waals surface area contributed by atoms with Crippen LogP contribution in [-0.4, -0.2) is 17.8 Å². The van der Waals surface area contributed by atoms with Gasteiger partial charge >= 0.3 is 10.7 Å². The van der Waals surface area contributed by atoms with E-state index in [1.807, 2.05) is 21.2 Å². The highest BCUT2D eigenvalue weighted by Gasteiger charge is 2.35. The van der Waals surface area contributed by atoms with E-state index < -0.39 is 10.7 Å². The molecule has 0 fully saturated rings. The summed E-state index contributed by atoms with van der Waals surface area (Å²) in [6, 6.07) is 6.29. The summed E-state index contributed by atoms with van der Waals surface area (Å²) in [7, 11) is 1.39. The maximum atomic E-state index is 12.5. The molecule has 1 rings (SSSR count). The van der Waals surface area contributed by atoms with E-state index in [0.717, 1.165) is 0 Å². The summed E-state index contributed by atoms with van der Waals surface area (Å²) in [6.07, 6.45) is 0. The van der Waals surface area contributed by atoms with Gasteiger partial charge in [0.2, 0.25) is 0 Å². The van der Waals surface area contributed by atoms with Crippen LogP contribution in [0.4, 0.5) is 14.5 Å². The van der Waals surface area contributed by atoms with Crippen LogP contribution < -0.4 is 10.1 Å². The number of ether oxygens (including phenoxy) is 1. The number of carbonyl (C=O) groups is 1. The number of rotatable bonds is 3. The molecule has 0 unspecified atom stereocenters. The number of hydrogen-bond acceptors (Lipinski definition) is 2. The molecule has 3 nitrogen and oxygen atoms in total. The number of alkyl halides is 3. The summed E-state index contributed by atoms with van der Waals surface area (Å²) < 4.78 is 29.9. The van der Waals surface area contributed by atoms with Crippen molar-refractivity contribution in [2.24, 2.45) is 0 Å². The molecule has 0 saturated heterocycles. The second-order valence-corrected chi connectivity index (χ2v) is 3.65. The lowest BCUT2D eigenvalue weighted by Crippen LogP contribution is -2.28. The van der Waals surface area contributed by atoms with E-state index in [2.05, 4.69) is 0 Å². The second kappa shape index (κ2) is 4.57. The van der Waals surface area contributed by atoms with Gasteiger partial charge in [-0.15, -0.1) is 0 Å². The van der Waals surface area contributed by atoms with E-state index in [0.29, 0.717) is 5.75 Å². The molecule has 1 N–H and O–H groups in total. The van der Waals surface area contributed by atoms with E-state index in [4.69, 9.17) is 4.74 Å². The Balaban J connectivity index is 2.85. The summed E-state index contributed by atoms with van der Waals surface area (Å²) >= 11 is 1.96. The van der Waals surface area contributed by atoms with Gasteiger partial charge in [0, 0.05) is 15.9 Å². The third-order valence-corrected chi connectivity index (χ3v) is 1.97. The highest BCUT2D eigenvalue weighted by molar-refractivity contribution is 9.10. The number of nitrogens with one attached hydrogen (secondary N) is 1. The first-order valence-electron chi connectivity index (χ1n) is 3.96. The van der Waals surface area contributed by atoms with E-state index in [9.17, 15) is 13.6 Å². The predicted octanol–water partition coefficient (Wildman–Crippen LogP) is 2.62. The summed E-state index contributed by atoms with van der Waals surface area (Å²) in [5, 5.41) is 2.04. The number of carbonyl (C=O) groups excluding carboxylic acids is 1. The van der Waals surface area contributed by atoms with E-state index >= 15 is 0 Å². The van der Waals surface area contributed by atoms with Gasteiger partial charge in [0.25, 0.3) is 0 Å². The maximum Gasteiger partial charge on any atom is 0.378 e. The topological polar surface area (TPSA) is 38.3 Å². The molecule has 0 bridgehead atoms. The molecular formula is C9H8BrF2NO2. The van der Waals surface area contributed by atoms with Crippen molar-refractivity contribution in [1.29, 1.82) is 0 Å². The Morgan fingerprint density at radius 3 is 2.60 bits per heavy atom. The second-order valence-electron chi connectivity index (χ2n) is 2.65. The molecule has 0 radical (unpaired) electrons. The van der Waals surface area contributed by atoms with Crippen molar-refractivity contribution in [3.05, 3.63) is 24.3 Å². The number of amides is 1. The van der Waals surface area contributed by atoms with Crippen LogP contribution in [0.3, 0.4) is 0 Å². The third kappa shape index (κ3) is 3.16. The third-order valence-electron chi connectivity index (χ3n) is 1.61. The van der Waals surface area contributed by atoms with E-state index in [1.165, 1.54) is 13.2 Å². The number of anilines is 1. The summed E-state index contributed by atoms with van der Waals surface area (Å²) in [5.41, 5.74) is 0.198. The molecule has 0 heterocycles. The molecule has 82 valence electrons. The van der Waals surface area contributed by atoms with Crippen LogP contribution in [0.15, 0.2) is 24.3 Å². The molecule has 0 saturated carbocycles. The zero-order chi connectivity index (χ0) is 11.5. The van der Waals surface area contributed by atoms with Crippen molar-refractivity contribution in [3.8, 4) is 5.75 Å². The van der Waals surface area contributed by atoms with Gasteiger partial charge in [-0.25, -0.2) is 0 Å². The Labute approximate surface area is 93.5 Å². The van der Waals surface area contributed by atoms with Crippen LogP contribution in [-0.2, 0) is 4.79 Å². The predicted molar refractivity (Wildman–Crippen MR) is 55.5 cm³/mol. The first-order valence-corrected chi connectivity index (χ1v) is 4.75. The van der Waals surface area contributed by atoms with Gasteiger partial charge in [0.05, 0.1) is 12.8 Å². The van der Waals surface area contributed by atoms with Crippen LogP contribution in [0.25, 0.3) is 0 Å². The van der Waals surface area contributed by atoms with Crippen molar-refractivity contribution in [3.63, 3.8) is 0 Å². The summed E-state index contributed by atoms with van der Waals surface area (Å²) in [6.45, 7) is 0. The first kappa shape index (κ1) is 11.9. The van der Waals surface area contributed by atoms with Crippen molar-refractivity contribution < 1.29 is 18.3 Å². The van der Waals surface area contributed by atoms with Gasteiger partial charge in [0.1, 0.15) is 5.75 Å². The maximum absolute atomic E-state index is 12.5. The highest BCUT2D eigenvalue weighted by Crippen LogP contribution is 2.27. The van der Waals surface area contributed by atoms with Crippen molar-refractivity contribution >= 4 is 27.5 Å².